The number of carbonyl (C=O) groups excluding carboxylic acids is 3. The minimum absolute atomic E-state index is 0.0521. The molecular weight excluding hydrogens is 502 g/mol. The third-order valence-corrected chi connectivity index (χ3v) is 7.45. The first-order valence-electron chi connectivity index (χ1n) is 12.0. The summed E-state index contributed by atoms with van der Waals surface area (Å²) in [4.78, 5) is 45.0. The van der Waals surface area contributed by atoms with E-state index in [0.29, 0.717) is 42.8 Å². The lowest BCUT2D eigenvalue weighted by Crippen LogP contribution is -2.48. The lowest BCUT2D eigenvalue weighted by atomic mass is 9.63. The van der Waals surface area contributed by atoms with Crippen LogP contribution in [-0.2, 0) is 15.5 Å². The highest BCUT2D eigenvalue weighted by Gasteiger charge is 2.48. The van der Waals surface area contributed by atoms with E-state index in [-0.39, 0.29) is 35.1 Å². The molecule has 9 heteroatoms. The monoisotopic (exact) mass is 528 g/mol. The lowest BCUT2D eigenvalue weighted by Gasteiger charge is -2.44. The van der Waals surface area contributed by atoms with Gasteiger partial charge >= 0.3 is 0 Å². The molecule has 37 heavy (non-hydrogen) atoms. The molecule has 0 unspecified atom stereocenters. The summed E-state index contributed by atoms with van der Waals surface area (Å²) >= 11 is 6.49. The fourth-order valence-electron chi connectivity index (χ4n) is 5.26. The molecule has 1 aliphatic heterocycles. The molecule has 0 N–H and O–H groups in total. The molecule has 0 radical (unpaired) electrons. The number of hydrogen-bond donors (Lipinski definition) is 0. The molecule has 1 saturated heterocycles. The van der Waals surface area contributed by atoms with Crippen LogP contribution in [0.1, 0.15) is 72.8 Å². The number of alkyl halides is 2. The minimum atomic E-state index is -3.16. The average Bonchev–Trinajstić information content (AvgIpc) is 2.84. The molecule has 1 saturated carbocycles. The number of benzene rings is 1. The van der Waals surface area contributed by atoms with Crippen LogP contribution in [0.4, 0.5) is 8.78 Å². The molecule has 0 bridgehead atoms. The number of carbonyl (C=O) groups is 3. The topological polar surface area (TPSA) is 76.6 Å². The van der Waals surface area contributed by atoms with Crippen LogP contribution in [0.25, 0.3) is 0 Å². The van der Waals surface area contributed by atoms with Gasteiger partial charge in [0.15, 0.2) is 0 Å². The summed E-state index contributed by atoms with van der Waals surface area (Å²) in [6.07, 6.45) is 1.25. The first-order chi connectivity index (χ1) is 17.5. The van der Waals surface area contributed by atoms with Crippen molar-refractivity contribution in [2.24, 2.45) is 5.41 Å². The summed E-state index contributed by atoms with van der Waals surface area (Å²) in [5.41, 5.74) is -0.0866. The zero-order chi connectivity index (χ0) is 27.0. The number of rotatable bonds is 4. The molecule has 2 heterocycles. The molecule has 1 spiro atoms. The van der Waals surface area contributed by atoms with E-state index in [2.05, 4.69) is 16.8 Å². The van der Waals surface area contributed by atoms with Crippen LogP contribution in [0.3, 0.4) is 0 Å². The van der Waals surface area contributed by atoms with Gasteiger partial charge in [0.2, 0.25) is 0 Å². The number of nitrogens with zero attached hydrogens (tertiary/aromatic N) is 2. The van der Waals surface area contributed by atoms with Crippen molar-refractivity contribution in [3.05, 3.63) is 57.9 Å². The summed E-state index contributed by atoms with van der Waals surface area (Å²) in [7, 11) is 1.45. The van der Waals surface area contributed by atoms with Gasteiger partial charge in [-0.25, -0.2) is 4.98 Å². The number of amides is 1. The standard InChI is InChI=1S/C28H27ClF2N2O4/c1-4-6-17-13-18(29)24(22(14-17)37-3)25-20(34)15-28(16-21(25)35)9-11-33(12-10-28)26(36)19-7-5-8-23(32-19)27(2,30)31/h5,7-8,13-14,25H,9-12,15-16H2,1-3H3. The normalized spacial score (nSPS) is 17.9. The van der Waals surface area contributed by atoms with Crippen molar-refractivity contribution in [1.29, 1.82) is 0 Å². The van der Waals surface area contributed by atoms with Crippen molar-refractivity contribution in [1.82, 2.24) is 9.88 Å². The number of ether oxygens (including phenoxy) is 1. The first kappa shape index (κ1) is 26.7. The Morgan fingerprint density at radius 3 is 2.41 bits per heavy atom. The lowest BCUT2D eigenvalue weighted by molar-refractivity contribution is -0.138. The van der Waals surface area contributed by atoms with Crippen molar-refractivity contribution in [3.63, 3.8) is 0 Å². The molecule has 1 amide bonds. The molecule has 1 aliphatic carbocycles. The summed E-state index contributed by atoms with van der Waals surface area (Å²) in [5.74, 6) is 0.954. The van der Waals surface area contributed by atoms with E-state index in [1.807, 2.05) is 0 Å². The van der Waals surface area contributed by atoms with E-state index in [0.717, 1.165) is 6.92 Å². The van der Waals surface area contributed by atoms with Gasteiger partial charge in [0.05, 0.1) is 7.11 Å². The fourth-order valence-corrected chi connectivity index (χ4v) is 5.58. The van der Waals surface area contributed by atoms with Crippen molar-refractivity contribution in [3.8, 4) is 17.6 Å². The molecule has 1 aromatic carbocycles. The second-order valence-corrected chi connectivity index (χ2v) is 10.2. The zero-order valence-electron chi connectivity index (χ0n) is 20.9. The highest BCUT2D eigenvalue weighted by molar-refractivity contribution is 6.32. The summed E-state index contributed by atoms with van der Waals surface area (Å²) in [6, 6.07) is 7.28. The molecule has 0 atom stereocenters. The van der Waals surface area contributed by atoms with E-state index in [9.17, 15) is 23.2 Å². The van der Waals surface area contributed by atoms with Gasteiger partial charge in [-0.15, -0.1) is 5.92 Å². The second-order valence-electron chi connectivity index (χ2n) is 9.76. The maximum absolute atomic E-state index is 13.7. The Morgan fingerprint density at radius 2 is 1.84 bits per heavy atom. The van der Waals surface area contributed by atoms with Gasteiger partial charge in [0.1, 0.15) is 34.6 Å². The molecular formula is C28H27ClF2N2O4. The second kappa shape index (κ2) is 10.2. The molecule has 1 aromatic heterocycles. The average molecular weight is 529 g/mol. The molecule has 6 nitrogen and oxygen atoms in total. The third-order valence-electron chi connectivity index (χ3n) is 7.14. The zero-order valence-corrected chi connectivity index (χ0v) is 21.6. The Hall–Kier alpha value is -3.31. The van der Waals surface area contributed by atoms with E-state index in [1.165, 1.54) is 25.3 Å². The number of piperidine rings is 1. The maximum atomic E-state index is 13.7. The van der Waals surface area contributed by atoms with E-state index in [1.54, 1.807) is 24.0 Å². The quantitative estimate of drug-likeness (QED) is 0.404. The molecule has 4 rings (SSSR count). The number of halogens is 3. The van der Waals surface area contributed by atoms with Gasteiger partial charge in [0.25, 0.3) is 11.8 Å². The van der Waals surface area contributed by atoms with E-state index in [4.69, 9.17) is 16.3 Å². The fraction of sp³-hybridized carbons (Fsp3) is 0.429. The van der Waals surface area contributed by atoms with Gasteiger partial charge < -0.3 is 9.64 Å². The SMILES string of the molecule is CC#Cc1cc(Cl)c(C2C(=O)CC3(CCN(C(=O)c4cccc(C(C)(F)F)n4)CC3)CC2=O)c(OC)c1. The highest BCUT2D eigenvalue weighted by Crippen LogP contribution is 2.48. The Labute approximate surface area is 219 Å². The maximum Gasteiger partial charge on any atom is 0.287 e. The minimum Gasteiger partial charge on any atom is -0.496 e. The predicted molar refractivity (Wildman–Crippen MR) is 134 cm³/mol. The van der Waals surface area contributed by atoms with Crippen molar-refractivity contribution < 1.29 is 27.9 Å². The molecule has 2 aromatic rings. The number of likely N-dealkylation sites (tertiary alicyclic amines) is 1. The number of pyridine rings is 1. The van der Waals surface area contributed by atoms with E-state index >= 15 is 0 Å². The van der Waals surface area contributed by atoms with Crippen LogP contribution in [-0.4, -0.2) is 47.6 Å². The van der Waals surface area contributed by atoms with Gasteiger partial charge in [-0.2, -0.15) is 8.78 Å². The molecule has 2 aliphatic rings. The number of hydrogen-bond acceptors (Lipinski definition) is 5. The number of methoxy groups -OCH3 is 1. The van der Waals surface area contributed by atoms with Crippen LogP contribution < -0.4 is 4.74 Å². The van der Waals surface area contributed by atoms with Gasteiger partial charge in [-0.3, -0.25) is 14.4 Å². The number of aromatic nitrogens is 1. The highest BCUT2D eigenvalue weighted by atomic mass is 35.5. The van der Waals surface area contributed by atoms with Crippen molar-refractivity contribution >= 4 is 29.1 Å². The Balaban J connectivity index is 1.49. The van der Waals surface area contributed by atoms with Crippen LogP contribution in [0.2, 0.25) is 5.02 Å². The Bertz CT molecular complexity index is 1300. The van der Waals surface area contributed by atoms with Crippen molar-refractivity contribution in [2.45, 2.75) is 51.4 Å². The van der Waals surface area contributed by atoms with Crippen LogP contribution in [0.5, 0.6) is 5.75 Å². The Kier molecular flexibility index (Phi) is 7.38. The van der Waals surface area contributed by atoms with Crippen LogP contribution >= 0.6 is 11.6 Å². The number of Topliss-reactive ketones (excluding diaryl/α,β-unsaturated/α-hetero) is 2. The summed E-state index contributed by atoms with van der Waals surface area (Å²) in [5, 5.41) is 0.257. The predicted octanol–water partition coefficient (Wildman–Crippen LogP) is 5.16. The summed E-state index contributed by atoms with van der Waals surface area (Å²) in [6.45, 7) is 3.02. The first-order valence-corrected chi connectivity index (χ1v) is 12.4. The summed E-state index contributed by atoms with van der Waals surface area (Å²) < 4.78 is 32.8. The van der Waals surface area contributed by atoms with Crippen LogP contribution in [0, 0.1) is 17.3 Å². The number of ketones is 2. The molecule has 2 fully saturated rings. The Morgan fingerprint density at radius 1 is 1.19 bits per heavy atom. The molecule has 194 valence electrons. The van der Waals surface area contributed by atoms with Gasteiger partial charge in [-0.1, -0.05) is 23.6 Å². The van der Waals surface area contributed by atoms with E-state index < -0.39 is 28.9 Å². The van der Waals surface area contributed by atoms with Gasteiger partial charge in [-0.05, 0) is 49.4 Å². The van der Waals surface area contributed by atoms with Gasteiger partial charge in [0, 0.05) is 49.0 Å². The van der Waals surface area contributed by atoms with Crippen molar-refractivity contribution in [2.75, 3.05) is 20.2 Å². The van der Waals surface area contributed by atoms with Crippen LogP contribution in [0.15, 0.2) is 30.3 Å². The third kappa shape index (κ3) is 5.37. The largest absolute Gasteiger partial charge is 0.496 e. The smallest absolute Gasteiger partial charge is 0.287 e.